The lowest BCUT2D eigenvalue weighted by Crippen LogP contribution is -2.23. The van der Waals surface area contributed by atoms with Crippen molar-refractivity contribution in [3.63, 3.8) is 0 Å². The lowest BCUT2D eigenvalue weighted by atomic mass is 10.4. The lowest BCUT2D eigenvalue weighted by molar-refractivity contribution is 0.354. The molecule has 0 aromatic heterocycles. The second kappa shape index (κ2) is 6.77. The number of rotatable bonds is 5. The molecule has 0 aromatic rings. The zero-order chi connectivity index (χ0) is 7.11. The third-order valence-electron chi connectivity index (χ3n) is 1.21. The Hall–Kier alpha value is 0.650. The Balaban J connectivity index is 2.95. The molecule has 0 aromatic carbocycles. The van der Waals surface area contributed by atoms with Crippen molar-refractivity contribution in [1.29, 1.82) is 0 Å². The normalized spacial score (nSPS) is 10.7. The third kappa shape index (κ3) is 6.54. The molecule has 3 heteroatoms. The average Bonchev–Trinajstić information content (AvgIpc) is 1.85. The molecule has 0 fully saturated rings. The number of alkyl halides is 1. The van der Waals surface area contributed by atoms with Gasteiger partial charge in [-0.2, -0.15) is 0 Å². The predicted octanol–water partition coefficient (Wildman–Crippen LogP) is 0.702. The zero-order valence-corrected chi connectivity index (χ0v) is 8.10. The van der Waals surface area contributed by atoms with Gasteiger partial charge in [0.25, 0.3) is 0 Å². The Kier molecular flexibility index (Phi) is 7.25. The Morgan fingerprint density at radius 2 is 2.11 bits per heavy atom. The first-order valence-corrected chi connectivity index (χ1v) is 4.78. The van der Waals surface area contributed by atoms with Crippen molar-refractivity contribution in [3.05, 3.63) is 0 Å². The molecular weight excluding hydrogens is 227 g/mol. The van der Waals surface area contributed by atoms with E-state index in [1.54, 1.807) is 0 Å². The van der Waals surface area contributed by atoms with Crippen LogP contribution in [0.5, 0.6) is 0 Å². The summed E-state index contributed by atoms with van der Waals surface area (Å²) < 4.78 is 1.21. The van der Waals surface area contributed by atoms with Crippen molar-refractivity contribution in [3.8, 4) is 0 Å². The maximum atomic E-state index is 5.34. The van der Waals surface area contributed by atoms with E-state index >= 15 is 0 Å². The van der Waals surface area contributed by atoms with Gasteiger partial charge in [0, 0.05) is 11.0 Å². The Morgan fingerprint density at radius 3 is 2.56 bits per heavy atom. The molecular formula is C6H15IN2. The van der Waals surface area contributed by atoms with E-state index < -0.39 is 0 Å². The summed E-state index contributed by atoms with van der Waals surface area (Å²) in [6, 6.07) is 0. The predicted molar refractivity (Wildman–Crippen MR) is 50.1 cm³/mol. The maximum Gasteiger partial charge on any atom is 0.0123 e. The van der Waals surface area contributed by atoms with Crippen LogP contribution in [-0.2, 0) is 0 Å². The molecule has 2 nitrogen and oxygen atoms in total. The summed E-state index contributed by atoms with van der Waals surface area (Å²) in [6.45, 7) is 3.13. The first-order valence-electron chi connectivity index (χ1n) is 3.26. The van der Waals surface area contributed by atoms with E-state index in [-0.39, 0.29) is 0 Å². The summed E-state index contributed by atoms with van der Waals surface area (Å²) in [5.74, 6) is 0. The van der Waals surface area contributed by atoms with E-state index in [9.17, 15) is 0 Å². The SMILES string of the molecule is CN(CCI)CCCN. The molecule has 0 rings (SSSR count). The molecule has 0 aliphatic rings. The molecule has 9 heavy (non-hydrogen) atoms. The molecule has 0 aliphatic carbocycles. The number of hydrogen-bond donors (Lipinski definition) is 1. The standard InChI is InChI=1S/C6H15IN2/c1-9(6-3-7)5-2-4-8/h2-6,8H2,1H3. The van der Waals surface area contributed by atoms with Gasteiger partial charge in [0.1, 0.15) is 0 Å². The molecule has 0 amide bonds. The highest BCUT2D eigenvalue weighted by molar-refractivity contribution is 14.1. The van der Waals surface area contributed by atoms with Gasteiger partial charge in [-0.1, -0.05) is 22.6 Å². The van der Waals surface area contributed by atoms with Crippen LogP contribution in [0.4, 0.5) is 0 Å². The summed E-state index contributed by atoms with van der Waals surface area (Å²) in [6.07, 6.45) is 1.12. The number of nitrogens with two attached hydrogens (primary N) is 1. The zero-order valence-electron chi connectivity index (χ0n) is 5.94. The van der Waals surface area contributed by atoms with Gasteiger partial charge < -0.3 is 10.6 Å². The van der Waals surface area contributed by atoms with Gasteiger partial charge in [-0.25, -0.2) is 0 Å². The van der Waals surface area contributed by atoms with Gasteiger partial charge in [0.15, 0.2) is 0 Å². The summed E-state index contributed by atoms with van der Waals surface area (Å²) >= 11 is 2.38. The van der Waals surface area contributed by atoms with Crippen LogP contribution < -0.4 is 5.73 Å². The largest absolute Gasteiger partial charge is 0.330 e. The highest BCUT2D eigenvalue weighted by Crippen LogP contribution is 1.88. The van der Waals surface area contributed by atoms with Crippen molar-refractivity contribution in [2.24, 2.45) is 5.73 Å². The van der Waals surface area contributed by atoms with E-state index in [0.29, 0.717) is 0 Å². The molecule has 0 saturated carbocycles. The fraction of sp³-hybridized carbons (Fsp3) is 1.00. The number of hydrogen-bond acceptors (Lipinski definition) is 2. The van der Waals surface area contributed by atoms with E-state index in [1.165, 1.54) is 11.0 Å². The van der Waals surface area contributed by atoms with Crippen molar-refractivity contribution in [2.75, 3.05) is 31.1 Å². The fourth-order valence-electron chi connectivity index (χ4n) is 0.617. The Morgan fingerprint density at radius 1 is 1.44 bits per heavy atom. The smallest absolute Gasteiger partial charge is 0.0123 e. The van der Waals surface area contributed by atoms with Gasteiger partial charge in [-0.3, -0.25) is 0 Å². The van der Waals surface area contributed by atoms with Crippen LogP contribution >= 0.6 is 22.6 Å². The van der Waals surface area contributed by atoms with Crippen LogP contribution in [0.25, 0.3) is 0 Å². The average molecular weight is 242 g/mol. The van der Waals surface area contributed by atoms with Crippen molar-refractivity contribution >= 4 is 22.6 Å². The molecule has 0 unspecified atom stereocenters. The molecule has 0 heterocycles. The first kappa shape index (κ1) is 9.65. The summed E-state index contributed by atoms with van der Waals surface area (Å²) in [4.78, 5) is 2.30. The van der Waals surface area contributed by atoms with Gasteiger partial charge in [0.05, 0.1) is 0 Å². The van der Waals surface area contributed by atoms with E-state index in [1.807, 2.05) is 0 Å². The van der Waals surface area contributed by atoms with Gasteiger partial charge in [-0.15, -0.1) is 0 Å². The van der Waals surface area contributed by atoms with Gasteiger partial charge in [-0.05, 0) is 26.6 Å². The van der Waals surface area contributed by atoms with Crippen LogP contribution in [0, 0.1) is 0 Å². The van der Waals surface area contributed by atoms with Crippen molar-refractivity contribution in [1.82, 2.24) is 4.90 Å². The Bertz CT molecular complexity index is 59.0. The topological polar surface area (TPSA) is 29.3 Å². The fourth-order valence-corrected chi connectivity index (χ4v) is 1.44. The van der Waals surface area contributed by atoms with E-state index in [2.05, 4.69) is 34.5 Å². The molecule has 0 radical (unpaired) electrons. The number of nitrogens with zero attached hydrogens (tertiary/aromatic N) is 1. The van der Waals surface area contributed by atoms with E-state index in [0.717, 1.165) is 19.5 Å². The third-order valence-corrected chi connectivity index (χ3v) is 1.69. The van der Waals surface area contributed by atoms with Crippen LogP contribution in [0.2, 0.25) is 0 Å². The summed E-state index contributed by atoms with van der Waals surface area (Å²) in [7, 11) is 2.13. The van der Waals surface area contributed by atoms with Crippen LogP contribution in [0.1, 0.15) is 6.42 Å². The van der Waals surface area contributed by atoms with Crippen molar-refractivity contribution in [2.45, 2.75) is 6.42 Å². The molecule has 0 bridgehead atoms. The molecule has 0 saturated heterocycles. The number of halogens is 1. The monoisotopic (exact) mass is 242 g/mol. The minimum absolute atomic E-state index is 0.811. The second-order valence-electron chi connectivity index (χ2n) is 2.13. The molecule has 0 spiro atoms. The molecule has 2 N–H and O–H groups in total. The highest BCUT2D eigenvalue weighted by atomic mass is 127. The van der Waals surface area contributed by atoms with Crippen LogP contribution in [0.3, 0.4) is 0 Å². The van der Waals surface area contributed by atoms with Gasteiger partial charge >= 0.3 is 0 Å². The van der Waals surface area contributed by atoms with Gasteiger partial charge in [0.2, 0.25) is 0 Å². The quantitative estimate of drug-likeness (QED) is 0.568. The lowest BCUT2D eigenvalue weighted by Gasteiger charge is -2.13. The van der Waals surface area contributed by atoms with E-state index in [4.69, 9.17) is 5.73 Å². The molecule has 56 valence electrons. The Labute approximate surface area is 70.9 Å². The molecule has 0 aliphatic heterocycles. The molecule has 0 atom stereocenters. The maximum absolute atomic E-state index is 5.34. The van der Waals surface area contributed by atoms with Crippen LogP contribution in [-0.4, -0.2) is 36.0 Å². The highest BCUT2D eigenvalue weighted by Gasteiger charge is 1.93. The van der Waals surface area contributed by atoms with Crippen LogP contribution in [0.15, 0.2) is 0 Å². The summed E-state index contributed by atoms with van der Waals surface area (Å²) in [5.41, 5.74) is 5.34. The minimum Gasteiger partial charge on any atom is -0.330 e. The summed E-state index contributed by atoms with van der Waals surface area (Å²) in [5, 5.41) is 0. The second-order valence-corrected chi connectivity index (χ2v) is 3.21. The minimum atomic E-state index is 0.811. The van der Waals surface area contributed by atoms with Crippen molar-refractivity contribution < 1.29 is 0 Å². The first-order chi connectivity index (χ1) is 4.31.